The molecule has 31 heavy (non-hydrogen) atoms. The number of hydrogen-bond acceptors (Lipinski definition) is 6. The van der Waals surface area contributed by atoms with Gasteiger partial charge in [-0.05, 0) is 78.9 Å². The van der Waals surface area contributed by atoms with Crippen LogP contribution in [0.1, 0.15) is 57.1 Å². The minimum atomic E-state index is -0.278. The molecular formula is C23H28N4O4. The number of benzene rings is 2. The van der Waals surface area contributed by atoms with Crippen LogP contribution in [-0.4, -0.2) is 33.5 Å². The summed E-state index contributed by atoms with van der Waals surface area (Å²) in [4.78, 5) is 24.0. The number of aromatic hydroxyl groups is 2. The molecule has 0 saturated carbocycles. The maximum atomic E-state index is 12.0. The van der Waals surface area contributed by atoms with E-state index in [0.717, 1.165) is 11.1 Å². The molecule has 0 aromatic heterocycles. The molecular weight excluding hydrogens is 396 g/mol. The van der Waals surface area contributed by atoms with Gasteiger partial charge in [0.2, 0.25) is 11.8 Å². The van der Waals surface area contributed by atoms with Crippen LogP contribution >= 0.6 is 0 Å². The van der Waals surface area contributed by atoms with Gasteiger partial charge < -0.3 is 10.2 Å². The minimum absolute atomic E-state index is 0.159. The van der Waals surface area contributed by atoms with Gasteiger partial charge in [0, 0.05) is 12.8 Å². The third-order valence-electron chi connectivity index (χ3n) is 4.51. The van der Waals surface area contributed by atoms with E-state index in [1.165, 1.54) is 0 Å². The summed E-state index contributed by atoms with van der Waals surface area (Å²) in [6.45, 7) is 3.84. The molecule has 0 saturated heterocycles. The Morgan fingerprint density at radius 3 is 1.39 bits per heavy atom. The molecule has 8 nitrogen and oxygen atoms in total. The number of hydrogen-bond donors (Lipinski definition) is 4. The SMILES string of the molecule is CC/C(=N\NC(=O)CCCC(=O)N/N=C(\CC)c1ccc(O)cc1)c1ccc(O)cc1. The van der Waals surface area contributed by atoms with Crippen LogP contribution in [0, 0.1) is 0 Å². The summed E-state index contributed by atoms with van der Waals surface area (Å²) in [6, 6.07) is 13.2. The number of nitrogens with zero attached hydrogens (tertiary/aromatic N) is 2. The molecule has 0 radical (unpaired) electrons. The van der Waals surface area contributed by atoms with Crippen molar-refractivity contribution in [1.29, 1.82) is 0 Å². The van der Waals surface area contributed by atoms with Gasteiger partial charge in [-0.15, -0.1) is 0 Å². The molecule has 2 amide bonds. The standard InChI is InChI=1S/C23H28N4O4/c1-3-20(16-8-12-18(28)13-9-16)24-26-22(30)6-5-7-23(31)27-25-21(4-2)17-10-14-19(29)15-11-17/h8-15,28-29H,3-7H2,1-2H3,(H,26,30)(H,27,31)/b24-20+,25-21+. The van der Waals surface area contributed by atoms with Crippen molar-refractivity contribution in [2.45, 2.75) is 46.0 Å². The van der Waals surface area contributed by atoms with Crippen molar-refractivity contribution < 1.29 is 19.8 Å². The zero-order valence-electron chi connectivity index (χ0n) is 17.8. The predicted octanol–water partition coefficient (Wildman–Crippen LogP) is 3.43. The van der Waals surface area contributed by atoms with Crippen molar-refractivity contribution in [3.63, 3.8) is 0 Å². The second kappa shape index (κ2) is 12.1. The maximum absolute atomic E-state index is 12.0. The molecule has 0 bridgehead atoms. The number of phenolic OH excluding ortho intramolecular Hbond substituents is 2. The second-order valence-electron chi connectivity index (χ2n) is 6.84. The van der Waals surface area contributed by atoms with Gasteiger partial charge in [-0.3, -0.25) is 9.59 Å². The summed E-state index contributed by atoms with van der Waals surface area (Å²) < 4.78 is 0. The highest BCUT2D eigenvalue weighted by molar-refractivity contribution is 6.01. The lowest BCUT2D eigenvalue weighted by atomic mass is 10.1. The smallest absolute Gasteiger partial charge is 0.240 e. The Balaban J connectivity index is 1.78. The molecule has 0 aliphatic rings. The van der Waals surface area contributed by atoms with E-state index >= 15 is 0 Å². The van der Waals surface area contributed by atoms with E-state index in [1.807, 2.05) is 13.8 Å². The van der Waals surface area contributed by atoms with E-state index in [1.54, 1.807) is 48.5 Å². The average Bonchev–Trinajstić information content (AvgIpc) is 2.77. The molecule has 0 spiro atoms. The summed E-state index contributed by atoms with van der Waals surface area (Å²) in [5, 5.41) is 27.0. The Kier molecular flexibility index (Phi) is 9.22. The molecule has 2 aromatic rings. The Labute approximate surface area is 181 Å². The number of phenols is 2. The lowest BCUT2D eigenvalue weighted by molar-refractivity contribution is -0.122. The van der Waals surface area contributed by atoms with Gasteiger partial charge in [0.25, 0.3) is 0 Å². The van der Waals surface area contributed by atoms with Gasteiger partial charge in [0.15, 0.2) is 0 Å². The van der Waals surface area contributed by atoms with Crippen LogP contribution in [0.25, 0.3) is 0 Å². The summed E-state index contributed by atoms with van der Waals surface area (Å²) in [5.41, 5.74) is 8.05. The zero-order valence-corrected chi connectivity index (χ0v) is 17.8. The van der Waals surface area contributed by atoms with E-state index in [4.69, 9.17) is 0 Å². The first-order valence-electron chi connectivity index (χ1n) is 10.2. The molecule has 0 fully saturated rings. The first-order valence-corrected chi connectivity index (χ1v) is 10.2. The van der Waals surface area contributed by atoms with Crippen LogP contribution in [0.2, 0.25) is 0 Å². The molecule has 0 heterocycles. The fraction of sp³-hybridized carbons (Fsp3) is 0.304. The van der Waals surface area contributed by atoms with Crippen molar-refractivity contribution in [1.82, 2.24) is 10.9 Å². The lowest BCUT2D eigenvalue weighted by Gasteiger charge is -2.06. The highest BCUT2D eigenvalue weighted by atomic mass is 16.3. The van der Waals surface area contributed by atoms with Crippen LogP contribution in [0.3, 0.4) is 0 Å². The monoisotopic (exact) mass is 424 g/mol. The fourth-order valence-electron chi connectivity index (χ4n) is 2.78. The van der Waals surface area contributed by atoms with Crippen LogP contribution in [0.15, 0.2) is 58.7 Å². The van der Waals surface area contributed by atoms with Crippen LogP contribution in [-0.2, 0) is 9.59 Å². The van der Waals surface area contributed by atoms with Crippen molar-refractivity contribution in [3.05, 3.63) is 59.7 Å². The third-order valence-corrected chi connectivity index (χ3v) is 4.51. The van der Waals surface area contributed by atoms with Crippen LogP contribution < -0.4 is 10.9 Å². The largest absolute Gasteiger partial charge is 0.508 e. The van der Waals surface area contributed by atoms with Gasteiger partial charge in [0.05, 0.1) is 11.4 Å². The molecule has 2 rings (SSSR count). The van der Waals surface area contributed by atoms with E-state index in [0.29, 0.717) is 30.7 Å². The highest BCUT2D eigenvalue weighted by Gasteiger charge is 2.07. The Morgan fingerprint density at radius 1 is 0.710 bits per heavy atom. The molecule has 0 aliphatic heterocycles. The first-order chi connectivity index (χ1) is 14.9. The minimum Gasteiger partial charge on any atom is -0.508 e. The molecule has 8 heteroatoms. The quantitative estimate of drug-likeness (QED) is 0.345. The maximum Gasteiger partial charge on any atom is 0.240 e. The van der Waals surface area contributed by atoms with Crippen molar-refractivity contribution in [3.8, 4) is 11.5 Å². The lowest BCUT2D eigenvalue weighted by Crippen LogP contribution is -2.22. The van der Waals surface area contributed by atoms with E-state index in [2.05, 4.69) is 21.1 Å². The number of carbonyl (C=O) groups excluding carboxylic acids is 2. The van der Waals surface area contributed by atoms with Crippen molar-refractivity contribution >= 4 is 23.2 Å². The van der Waals surface area contributed by atoms with Crippen molar-refractivity contribution in [2.24, 2.45) is 10.2 Å². The third kappa shape index (κ3) is 7.93. The fourth-order valence-corrected chi connectivity index (χ4v) is 2.78. The predicted molar refractivity (Wildman–Crippen MR) is 120 cm³/mol. The number of hydrazone groups is 2. The van der Waals surface area contributed by atoms with Crippen molar-refractivity contribution in [2.75, 3.05) is 0 Å². The number of carbonyl (C=O) groups is 2. The topological polar surface area (TPSA) is 123 Å². The Bertz CT molecular complexity index is 858. The Hall–Kier alpha value is -3.68. The molecule has 0 unspecified atom stereocenters. The second-order valence-corrected chi connectivity index (χ2v) is 6.84. The number of amides is 2. The van der Waals surface area contributed by atoms with Gasteiger partial charge in [0.1, 0.15) is 11.5 Å². The summed E-state index contributed by atoms with van der Waals surface area (Å²) in [6.07, 6.45) is 1.92. The van der Waals surface area contributed by atoms with E-state index in [9.17, 15) is 19.8 Å². The Morgan fingerprint density at radius 2 is 1.06 bits per heavy atom. The summed E-state index contributed by atoms with van der Waals surface area (Å²) in [5.74, 6) is -0.223. The number of nitrogens with one attached hydrogen (secondary N) is 2. The van der Waals surface area contributed by atoms with Gasteiger partial charge in [-0.2, -0.15) is 10.2 Å². The van der Waals surface area contributed by atoms with Crippen LogP contribution in [0.4, 0.5) is 0 Å². The van der Waals surface area contributed by atoms with E-state index < -0.39 is 0 Å². The number of rotatable bonds is 10. The highest BCUT2D eigenvalue weighted by Crippen LogP contribution is 2.13. The van der Waals surface area contributed by atoms with E-state index in [-0.39, 0.29) is 36.2 Å². The molecule has 164 valence electrons. The first kappa shape index (κ1) is 23.6. The van der Waals surface area contributed by atoms with Crippen LogP contribution in [0.5, 0.6) is 11.5 Å². The normalized spacial score (nSPS) is 11.8. The molecule has 0 atom stereocenters. The molecule has 0 aliphatic carbocycles. The van der Waals surface area contributed by atoms with Gasteiger partial charge in [-0.1, -0.05) is 13.8 Å². The molecule has 4 N–H and O–H groups in total. The van der Waals surface area contributed by atoms with Gasteiger partial charge in [-0.25, -0.2) is 10.9 Å². The summed E-state index contributed by atoms with van der Waals surface area (Å²) >= 11 is 0. The zero-order chi connectivity index (χ0) is 22.6. The molecule has 2 aromatic carbocycles. The average molecular weight is 425 g/mol. The van der Waals surface area contributed by atoms with Gasteiger partial charge >= 0.3 is 0 Å². The summed E-state index contributed by atoms with van der Waals surface area (Å²) in [7, 11) is 0.